The molecule has 0 unspecified atom stereocenters. The van der Waals surface area contributed by atoms with Crippen molar-refractivity contribution in [2.45, 2.75) is 13.3 Å². The van der Waals surface area contributed by atoms with Gasteiger partial charge in [-0.2, -0.15) is 0 Å². The topological polar surface area (TPSA) is 81.8 Å². The van der Waals surface area contributed by atoms with E-state index in [1.54, 1.807) is 35.2 Å². The highest BCUT2D eigenvalue weighted by atomic mass is 35.5. The number of carbonyl (C=O) groups is 2. The number of piperazine rings is 1. The first-order chi connectivity index (χ1) is 17.4. The van der Waals surface area contributed by atoms with Crippen LogP contribution in [0.25, 0.3) is 16.5 Å². The summed E-state index contributed by atoms with van der Waals surface area (Å²) in [5, 5.41) is 0.808. The second kappa shape index (κ2) is 9.81. The summed E-state index contributed by atoms with van der Waals surface area (Å²) in [4.78, 5) is 38.0. The van der Waals surface area contributed by atoms with E-state index in [1.165, 1.54) is 6.92 Å². The van der Waals surface area contributed by atoms with Gasteiger partial charge >= 0.3 is 0 Å². The molecule has 188 valence electrons. The van der Waals surface area contributed by atoms with E-state index in [4.69, 9.17) is 16.3 Å². The second-order valence-electron chi connectivity index (χ2n) is 8.96. The number of nitrogens with one attached hydrogen (secondary N) is 1. The maximum absolute atomic E-state index is 15.6. The number of rotatable bonds is 4. The number of amides is 2. The van der Waals surface area contributed by atoms with Crippen molar-refractivity contribution in [3.63, 3.8) is 0 Å². The van der Waals surface area contributed by atoms with Crippen LogP contribution in [-0.2, 0) is 4.79 Å². The Morgan fingerprint density at radius 2 is 1.92 bits per heavy atom. The summed E-state index contributed by atoms with van der Waals surface area (Å²) < 4.78 is 21.0. The average Bonchev–Trinajstić information content (AvgIpc) is 3.37. The molecule has 0 radical (unpaired) electrons. The molecule has 0 spiro atoms. The van der Waals surface area contributed by atoms with E-state index in [1.807, 2.05) is 18.2 Å². The van der Waals surface area contributed by atoms with E-state index in [9.17, 15) is 9.59 Å². The SMILES string of the molecule is COc1cccnc1N1CCN(C(=O)c2cc3c(Cl)cc(C4=CCCN(C(C)=O)C4)c(F)c3[nH]2)CC1. The van der Waals surface area contributed by atoms with Crippen molar-refractivity contribution < 1.29 is 18.7 Å². The van der Waals surface area contributed by atoms with Crippen LogP contribution in [-0.4, -0.2) is 78.0 Å². The van der Waals surface area contributed by atoms with Gasteiger partial charge in [0.05, 0.1) is 17.6 Å². The molecule has 1 aromatic carbocycles. The van der Waals surface area contributed by atoms with Crippen LogP contribution in [0.5, 0.6) is 5.75 Å². The van der Waals surface area contributed by atoms with Gasteiger partial charge in [0, 0.05) is 63.3 Å². The van der Waals surface area contributed by atoms with E-state index in [2.05, 4.69) is 14.9 Å². The number of benzene rings is 1. The zero-order valence-corrected chi connectivity index (χ0v) is 20.9. The smallest absolute Gasteiger partial charge is 0.270 e. The van der Waals surface area contributed by atoms with Crippen LogP contribution in [0.15, 0.2) is 36.5 Å². The van der Waals surface area contributed by atoms with Gasteiger partial charge in [0.25, 0.3) is 5.91 Å². The molecule has 5 rings (SSSR count). The lowest BCUT2D eigenvalue weighted by atomic mass is 9.99. The molecule has 1 saturated heterocycles. The Kier molecular flexibility index (Phi) is 6.57. The second-order valence-corrected chi connectivity index (χ2v) is 9.37. The van der Waals surface area contributed by atoms with Crippen LogP contribution in [0, 0.1) is 5.82 Å². The first-order valence-corrected chi connectivity index (χ1v) is 12.2. The molecule has 3 aromatic rings. The number of aromatic amines is 1. The highest BCUT2D eigenvalue weighted by molar-refractivity contribution is 6.36. The monoisotopic (exact) mass is 511 g/mol. The number of hydrogen-bond acceptors (Lipinski definition) is 5. The fourth-order valence-electron chi connectivity index (χ4n) is 4.85. The van der Waals surface area contributed by atoms with E-state index < -0.39 is 5.82 Å². The number of hydrogen-bond donors (Lipinski definition) is 1. The lowest BCUT2D eigenvalue weighted by Crippen LogP contribution is -2.49. The molecule has 10 heteroatoms. The Bertz CT molecular complexity index is 1360. The van der Waals surface area contributed by atoms with Crippen molar-refractivity contribution >= 4 is 45.7 Å². The largest absolute Gasteiger partial charge is 0.493 e. The standard InChI is InChI=1S/C26H27ClFN5O3/c1-16(34)33-8-4-5-17(15-33)18-13-20(27)19-14-21(30-24(19)23(18)28)26(35)32-11-9-31(10-12-32)25-22(36-2)6-3-7-29-25/h3,5-7,13-14,30H,4,8-12,15H2,1-2H3. The molecule has 0 bridgehead atoms. The highest BCUT2D eigenvalue weighted by Crippen LogP contribution is 2.34. The Balaban J connectivity index is 1.36. The number of aromatic nitrogens is 2. The maximum Gasteiger partial charge on any atom is 0.270 e. The van der Waals surface area contributed by atoms with E-state index in [0.717, 1.165) is 5.82 Å². The summed E-state index contributed by atoms with van der Waals surface area (Å²) in [7, 11) is 1.61. The van der Waals surface area contributed by atoms with Gasteiger partial charge < -0.3 is 24.4 Å². The number of nitrogens with zero attached hydrogens (tertiary/aromatic N) is 4. The minimum absolute atomic E-state index is 0.0532. The molecule has 2 aromatic heterocycles. The first kappa shape index (κ1) is 24.1. The summed E-state index contributed by atoms with van der Waals surface area (Å²) in [6.45, 7) is 4.61. The quantitative estimate of drug-likeness (QED) is 0.573. The Labute approximate surface area is 213 Å². The van der Waals surface area contributed by atoms with Crippen molar-refractivity contribution in [2.24, 2.45) is 0 Å². The average molecular weight is 512 g/mol. The number of carbonyl (C=O) groups excluding carboxylic acids is 2. The third kappa shape index (κ3) is 4.39. The predicted molar refractivity (Wildman–Crippen MR) is 137 cm³/mol. The highest BCUT2D eigenvalue weighted by Gasteiger charge is 2.27. The molecule has 0 saturated carbocycles. The van der Waals surface area contributed by atoms with Gasteiger partial charge in [-0.05, 0) is 36.3 Å². The molecule has 1 N–H and O–H groups in total. The third-order valence-corrected chi connectivity index (χ3v) is 7.12. The Morgan fingerprint density at radius 1 is 1.14 bits per heavy atom. The fourth-order valence-corrected chi connectivity index (χ4v) is 5.10. The van der Waals surface area contributed by atoms with Crippen LogP contribution in [0.4, 0.5) is 10.2 Å². The van der Waals surface area contributed by atoms with Crippen LogP contribution in [0.1, 0.15) is 29.4 Å². The molecule has 4 heterocycles. The molecule has 1 fully saturated rings. The van der Waals surface area contributed by atoms with Gasteiger partial charge in [0.2, 0.25) is 5.91 Å². The van der Waals surface area contributed by atoms with Gasteiger partial charge in [0.1, 0.15) is 5.69 Å². The molecule has 8 nitrogen and oxygen atoms in total. The van der Waals surface area contributed by atoms with Crippen molar-refractivity contribution in [3.05, 3.63) is 58.6 Å². The molecular weight excluding hydrogens is 485 g/mol. The molecule has 2 amide bonds. The molecule has 2 aliphatic heterocycles. The lowest BCUT2D eigenvalue weighted by Gasteiger charge is -2.35. The molecule has 0 atom stereocenters. The van der Waals surface area contributed by atoms with Crippen LogP contribution in [0.2, 0.25) is 5.02 Å². The number of anilines is 1. The maximum atomic E-state index is 15.6. The van der Waals surface area contributed by atoms with E-state index in [-0.39, 0.29) is 23.0 Å². The third-order valence-electron chi connectivity index (χ3n) is 6.81. The van der Waals surface area contributed by atoms with Gasteiger partial charge in [-0.3, -0.25) is 9.59 Å². The lowest BCUT2D eigenvalue weighted by molar-refractivity contribution is -0.128. The van der Waals surface area contributed by atoms with Crippen molar-refractivity contribution in [1.29, 1.82) is 0 Å². The van der Waals surface area contributed by atoms with E-state index in [0.29, 0.717) is 73.0 Å². The summed E-state index contributed by atoms with van der Waals surface area (Å²) in [5.74, 6) is 0.697. The van der Waals surface area contributed by atoms with Gasteiger partial charge in [-0.1, -0.05) is 17.7 Å². The summed E-state index contributed by atoms with van der Waals surface area (Å²) in [6, 6.07) is 6.86. The summed E-state index contributed by atoms with van der Waals surface area (Å²) in [5.41, 5.74) is 1.53. The number of H-pyrrole nitrogens is 1. The van der Waals surface area contributed by atoms with Crippen molar-refractivity contribution in [1.82, 2.24) is 19.8 Å². The molecule has 0 aliphatic carbocycles. The number of fused-ring (bicyclic) bond motifs is 1. The zero-order valence-electron chi connectivity index (χ0n) is 20.2. The van der Waals surface area contributed by atoms with Crippen molar-refractivity contribution in [2.75, 3.05) is 51.3 Å². The van der Waals surface area contributed by atoms with Gasteiger partial charge in [0.15, 0.2) is 17.4 Å². The minimum Gasteiger partial charge on any atom is -0.493 e. The number of pyridine rings is 1. The number of methoxy groups -OCH3 is 1. The number of halogens is 2. The molecular formula is C26H27ClFN5O3. The van der Waals surface area contributed by atoms with E-state index >= 15 is 4.39 Å². The Hall–Kier alpha value is -3.59. The normalized spacial score (nSPS) is 16.3. The zero-order chi connectivity index (χ0) is 25.4. The fraction of sp³-hybridized carbons (Fsp3) is 0.346. The van der Waals surface area contributed by atoms with Gasteiger partial charge in [-0.15, -0.1) is 0 Å². The summed E-state index contributed by atoms with van der Waals surface area (Å²) in [6.07, 6.45) is 4.30. The number of ether oxygens (including phenoxy) is 1. The van der Waals surface area contributed by atoms with Gasteiger partial charge in [-0.25, -0.2) is 9.37 Å². The van der Waals surface area contributed by atoms with Crippen LogP contribution in [0.3, 0.4) is 0 Å². The summed E-state index contributed by atoms with van der Waals surface area (Å²) >= 11 is 6.53. The first-order valence-electron chi connectivity index (χ1n) is 11.9. The Morgan fingerprint density at radius 3 is 2.64 bits per heavy atom. The minimum atomic E-state index is -0.475. The van der Waals surface area contributed by atoms with Crippen molar-refractivity contribution in [3.8, 4) is 5.75 Å². The van der Waals surface area contributed by atoms with Crippen LogP contribution >= 0.6 is 11.6 Å². The predicted octanol–water partition coefficient (Wildman–Crippen LogP) is 3.96. The molecule has 2 aliphatic rings. The van der Waals surface area contributed by atoms with Crippen LogP contribution < -0.4 is 9.64 Å². The molecule has 36 heavy (non-hydrogen) atoms.